The highest BCUT2D eigenvalue weighted by molar-refractivity contribution is 5.74. The van der Waals surface area contributed by atoms with Crippen molar-refractivity contribution in [2.75, 3.05) is 6.61 Å². The second-order valence-electron chi connectivity index (χ2n) is 10.9. The number of rotatable bonds is 10. The molecule has 0 aromatic heterocycles. The van der Waals surface area contributed by atoms with E-state index in [4.69, 9.17) is 0 Å². The van der Waals surface area contributed by atoms with E-state index in [0.717, 1.165) is 36.7 Å². The van der Waals surface area contributed by atoms with Gasteiger partial charge in [0.05, 0.1) is 11.7 Å². The largest absolute Gasteiger partial charge is 0.396 e. The zero-order valence-corrected chi connectivity index (χ0v) is 21.9. The molecule has 3 N–H and O–H groups in total. The van der Waals surface area contributed by atoms with E-state index in [1.165, 1.54) is 11.1 Å². The number of hydrogen-bond acceptors (Lipinski definition) is 4. The van der Waals surface area contributed by atoms with Crippen LogP contribution < -0.4 is 0 Å². The Morgan fingerprint density at radius 3 is 2.53 bits per heavy atom. The quantitative estimate of drug-likeness (QED) is 0.158. The maximum absolute atomic E-state index is 11.7. The lowest BCUT2D eigenvalue weighted by Gasteiger charge is -2.55. The maximum atomic E-state index is 11.7. The van der Waals surface area contributed by atoms with E-state index in [9.17, 15) is 20.1 Å². The van der Waals surface area contributed by atoms with Crippen molar-refractivity contribution >= 4 is 6.29 Å². The lowest BCUT2D eigenvalue weighted by Crippen LogP contribution is -2.59. The van der Waals surface area contributed by atoms with Gasteiger partial charge in [-0.15, -0.1) is 0 Å². The molecule has 0 saturated heterocycles. The number of carbonyl (C=O) groups excluding carboxylic acids is 1. The topological polar surface area (TPSA) is 77.8 Å². The standard InChI is InChI=1S/C30H46O4/c1-21(2)10-7-11-22(3)12-8-13-23(4)26-16-18-30(28(26)33)27(14-9-19-31)25(24(5)20-32)15-17-29(30,6)34/h8,10,12-13,20,26-28,31,33-34H,4,7,9,11,14-19H2,1-3,5-6H3/t26-,27+,28+,29-,30-/m0/s1. The van der Waals surface area contributed by atoms with Gasteiger partial charge >= 0.3 is 0 Å². The Morgan fingerprint density at radius 2 is 1.91 bits per heavy atom. The Kier molecular flexibility index (Phi) is 10.3. The molecule has 0 aliphatic heterocycles. The molecule has 4 nitrogen and oxygen atoms in total. The second kappa shape index (κ2) is 12.3. The molecular formula is C30H46O4. The zero-order valence-electron chi connectivity index (χ0n) is 21.9. The van der Waals surface area contributed by atoms with Crippen molar-refractivity contribution in [2.45, 2.75) is 97.7 Å². The van der Waals surface area contributed by atoms with Crippen molar-refractivity contribution in [3.05, 3.63) is 58.7 Å². The monoisotopic (exact) mass is 470 g/mol. The van der Waals surface area contributed by atoms with Gasteiger partial charge in [0.15, 0.2) is 0 Å². The van der Waals surface area contributed by atoms with Gasteiger partial charge in [-0.2, -0.15) is 0 Å². The Hall–Kier alpha value is -1.75. The third kappa shape index (κ3) is 6.08. The van der Waals surface area contributed by atoms with Gasteiger partial charge < -0.3 is 15.3 Å². The number of aliphatic hydroxyl groups excluding tert-OH is 2. The molecule has 190 valence electrons. The van der Waals surface area contributed by atoms with Crippen LogP contribution in [-0.4, -0.2) is 39.9 Å². The Morgan fingerprint density at radius 1 is 1.21 bits per heavy atom. The molecule has 0 amide bonds. The first-order valence-corrected chi connectivity index (χ1v) is 12.8. The first kappa shape index (κ1) is 28.5. The number of allylic oxidation sites excluding steroid dienone is 8. The van der Waals surface area contributed by atoms with Crippen LogP contribution in [0.3, 0.4) is 0 Å². The van der Waals surface area contributed by atoms with Gasteiger partial charge in [0.2, 0.25) is 0 Å². The molecule has 2 aliphatic rings. The van der Waals surface area contributed by atoms with E-state index in [0.29, 0.717) is 37.7 Å². The van der Waals surface area contributed by atoms with Crippen molar-refractivity contribution in [1.82, 2.24) is 0 Å². The van der Waals surface area contributed by atoms with Crippen LogP contribution in [0.15, 0.2) is 58.7 Å². The average molecular weight is 471 g/mol. The molecule has 1 spiro atoms. The highest BCUT2D eigenvalue weighted by Gasteiger charge is 2.63. The summed E-state index contributed by atoms with van der Waals surface area (Å²) in [5, 5.41) is 32.9. The van der Waals surface area contributed by atoms with Gasteiger partial charge in [-0.25, -0.2) is 0 Å². The highest BCUT2D eigenvalue weighted by Crippen LogP contribution is 2.62. The van der Waals surface area contributed by atoms with Gasteiger partial charge in [-0.1, -0.05) is 47.6 Å². The van der Waals surface area contributed by atoms with Crippen molar-refractivity contribution in [2.24, 2.45) is 17.3 Å². The van der Waals surface area contributed by atoms with Gasteiger partial charge in [-0.3, -0.25) is 4.79 Å². The summed E-state index contributed by atoms with van der Waals surface area (Å²) in [6.45, 7) is 14.3. The molecule has 0 radical (unpaired) electrons. The predicted molar refractivity (Wildman–Crippen MR) is 140 cm³/mol. The Bertz CT molecular complexity index is 853. The van der Waals surface area contributed by atoms with E-state index >= 15 is 0 Å². The summed E-state index contributed by atoms with van der Waals surface area (Å²) < 4.78 is 0. The summed E-state index contributed by atoms with van der Waals surface area (Å²) >= 11 is 0. The molecule has 2 saturated carbocycles. The predicted octanol–water partition coefficient (Wildman–Crippen LogP) is 6.00. The normalized spacial score (nSPS) is 33.4. The number of carbonyl (C=O) groups is 1. The molecule has 0 aromatic rings. The van der Waals surface area contributed by atoms with Crippen LogP contribution >= 0.6 is 0 Å². The molecule has 2 aliphatic carbocycles. The van der Waals surface area contributed by atoms with Crippen LogP contribution in [-0.2, 0) is 4.79 Å². The lowest BCUT2D eigenvalue weighted by atomic mass is 9.52. The minimum Gasteiger partial charge on any atom is -0.396 e. The van der Waals surface area contributed by atoms with Gasteiger partial charge in [0.25, 0.3) is 0 Å². The van der Waals surface area contributed by atoms with E-state index in [1.54, 1.807) is 0 Å². The number of aliphatic hydroxyl groups is 3. The van der Waals surface area contributed by atoms with Crippen molar-refractivity contribution in [3.8, 4) is 0 Å². The first-order valence-electron chi connectivity index (χ1n) is 12.8. The van der Waals surface area contributed by atoms with E-state index in [2.05, 4.69) is 39.5 Å². The molecule has 0 aromatic carbocycles. The summed E-state index contributed by atoms with van der Waals surface area (Å²) in [6.07, 6.45) is 14.3. The van der Waals surface area contributed by atoms with Gasteiger partial charge in [0, 0.05) is 17.9 Å². The molecular weight excluding hydrogens is 424 g/mol. The molecule has 4 heteroatoms. The second-order valence-corrected chi connectivity index (χ2v) is 10.9. The van der Waals surface area contributed by atoms with E-state index in [1.807, 2.05) is 26.0 Å². The van der Waals surface area contributed by atoms with E-state index < -0.39 is 17.1 Å². The molecule has 34 heavy (non-hydrogen) atoms. The summed E-state index contributed by atoms with van der Waals surface area (Å²) in [6, 6.07) is 0. The highest BCUT2D eigenvalue weighted by atomic mass is 16.3. The molecule has 0 heterocycles. The smallest absolute Gasteiger partial charge is 0.145 e. The Labute approximate surface area is 206 Å². The third-order valence-corrected chi connectivity index (χ3v) is 8.30. The van der Waals surface area contributed by atoms with E-state index in [-0.39, 0.29) is 18.4 Å². The lowest BCUT2D eigenvalue weighted by molar-refractivity contribution is -0.167. The average Bonchev–Trinajstić information content (AvgIpc) is 3.12. The zero-order chi connectivity index (χ0) is 25.5. The molecule has 0 bridgehead atoms. The van der Waals surface area contributed by atoms with Crippen molar-refractivity contribution in [3.63, 3.8) is 0 Å². The van der Waals surface area contributed by atoms with Crippen LogP contribution in [0.5, 0.6) is 0 Å². The molecule has 2 rings (SSSR count). The van der Waals surface area contributed by atoms with Crippen molar-refractivity contribution in [1.29, 1.82) is 0 Å². The van der Waals surface area contributed by atoms with Crippen LogP contribution in [0.2, 0.25) is 0 Å². The molecule has 2 fully saturated rings. The summed E-state index contributed by atoms with van der Waals surface area (Å²) in [5.41, 5.74) is 3.42. The van der Waals surface area contributed by atoms with Crippen LogP contribution in [0.1, 0.15) is 86.0 Å². The fraction of sp³-hybridized carbons (Fsp3) is 0.633. The Balaban J connectivity index is 2.28. The SMILES string of the molecule is C=C(C=CC=C(C)CCC=C(C)C)[C@@H]1CC[C@]2([C@H](CCCO)C(=C(C)C=O)CC[C@]2(C)O)[C@@H]1O. The van der Waals surface area contributed by atoms with Gasteiger partial charge in [-0.05, 0) is 103 Å². The minimum atomic E-state index is -1.06. The summed E-state index contributed by atoms with van der Waals surface area (Å²) in [7, 11) is 0. The summed E-state index contributed by atoms with van der Waals surface area (Å²) in [5.74, 6) is -0.280. The molecule has 5 atom stereocenters. The third-order valence-electron chi connectivity index (χ3n) is 8.30. The van der Waals surface area contributed by atoms with Crippen molar-refractivity contribution < 1.29 is 20.1 Å². The first-order chi connectivity index (χ1) is 16.0. The maximum Gasteiger partial charge on any atom is 0.145 e. The fourth-order valence-electron chi connectivity index (χ4n) is 6.29. The molecule has 0 unspecified atom stereocenters. The minimum absolute atomic E-state index is 0.0520. The van der Waals surface area contributed by atoms with Crippen LogP contribution in [0, 0.1) is 17.3 Å². The van der Waals surface area contributed by atoms with Crippen LogP contribution in [0.25, 0.3) is 0 Å². The van der Waals surface area contributed by atoms with Gasteiger partial charge in [0.1, 0.15) is 6.29 Å². The van der Waals surface area contributed by atoms with Crippen LogP contribution in [0.4, 0.5) is 0 Å². The number of aldehydes is 1. The fourth-order valence-corrected chi connectivity index (χ4v) is 6.29. The number of hydrogen-bond donors (Lipinski definition) is 3. The summed E-state index contributed by atoms with van der Waals surface area (Å²) in [4.78, 5) is 11.7.